The molecule has 0 aliphatic carbocycles. The van der Waals surface area contributed by atoms with E-state index < -0.39 is 0 Å². The van der Waals surface area contributed by atoms with Gasteiger partial charge < -0.3 is 15.3 Å². The summed E-state index contributed by atoms with van der Waals surface area (Å²) in [5.74, 6) is 0. The second kappa shape index (κ2) is 8.38. The molecule has 0 saturated carbocycles. The van der Waals surface area contributed by atoms with E-state index in [0.29, 0.717) is 0 Å². The van der Waals surface area contributed by atoms with Crippen LogP contribution < -0.4 is 5.32 Å². The van der Waals surface area contributed by atoms with Crippen molar-refractivity contribution in [2.24, 2.45) is 0 Å². The Hall–Kier alpha value is -4.63. The Morgan fingerprint density at radius 2 is 1.09 bits per heavy atom. The third kappa shape index (κ3) is 3.44. The van der Waals surface area contributed by atoms with Gasteiger partial charge in [0.15, 0.2) is 0 Å². The highest BCUT2D eigenvalue weighted by molar-refractivity contribution is 6.09. The number of hydrogen-bond acceptors (Lipinski definition) is 2. The van der Waals surface area contributed by atoms with E-state index in [1.807, 2.05) is 24.3 Å². The van der Waals surface area contributed by atoms with Crippen LogP contribution in [0.1, 0.15) is 5.56 Å². The Kier molecular flexibility index (Phi) is 4.93. The highest BCUT2D eigenvalue weighted by atomic mass is 15.0. The Balaban J connectivity index is 1.32. The van der Waals surface area contributed by atoms with E-state index in [4.69, 9.17) is 5.41 Å². The highest BCUT2D eigenvalue weighted by Gasteiger charge is 2.11. The van der Waals surface area contributed by atoms with Gasteiger partial charge in [0, 0.05) is 39.6 Å². The van der Waals surface area contributed by atoms with Crippen LogP contribution in [0.2, 0.25) is 0 Å². The van der Waals surface area contributed by atoms with Crippen molar-refractivity contribution in [1.82, 2.24) is 4.57 Å². The summed E-state index contributed by atoms with van der Waals surface area (Å²) in [4.78, 5) is 0. The van der Waals surface area contributed by atoms with Crippen LogP contribution >= 0.6 is 0 Å². The number of rotatable bonds is 5. The van der Waals surface area contributed by atoms with E-state index in [0.717, 1.165) is 22.6 Å². The van der Waals surface area contributed by atoms with Crippen LogP contribution in [-0.2, 0) is 0 Å². The van der Waals surface area contributed by atoms with Gasteiger partial charge in [0.25, 0.3) is 0 Å². The summed E-state index contributed by atoms with van der Waals surface area (Å²) in [6.07, 6.45) is 1.37. The fourth-order valence-corrected chi connectivity index (χ4v) is 4.64. The van der Waals surface area contributed by atoms with E-state index >= 15 is 0 Å². The van der Waals surface area contributed by atoms with Gasteiger partial charge in [0.05, 0.1) is 11.0 Å². The zero-order valence-electron chi connectivity index (χ0n) is 18.6. The molecule has 3 heteroatoms. The number of hydrogen-bond donors (Lipinski definition) is 2. The molecule has 0 aliphatic rings. The molecule has 0 unspecified atom stereocenters. The van der Waals surface area contributed by atoms with Crippen molar-refractivity contribution in [1.29, 1.82) is 5.41 Å². The largest absolute Gasteiger partial charge is 0.355 e. The van der Waals surface area contributed by atoms with E-state index in [1.165, 1.54) is 39.1 Å². The molecule has 0 spiro atoms. The zero-order chi connectivity index (χ0) is 22.9. The van der Waals surface area contributed by atoms with Crippen LogP contribution in [0.3, 0.4) is 0 Å². The maximum absolute atomic E-state index is 7.59. The molecule has 5 aromatic carbocycles. The first-order chi connectivity index (χ1) is 16.8. The normalized spacial score (nSPS) is 11.1. The molecule has 0 atom stereocenters. The Morgan fingerprint density at radius 3 is 1.71 bits per heavy atom. The first kappa shape index (κ1) is 20.0. The number of aromatic nitrogens is 1. The highest BCUT2D eigenvalue weighted by Crippen LogP contribution is 2.32. The minimum atomic E-state index is 0.868. The summed E-state index contributed by atoms with van der Waals surface area (Å²) in [5, 5.41) is 13.5. The first-order valence-electron chi connectivity index (χ1n) is 11.4. The molecule has 0 radical (unpaired) electrons. The summed E-state index contributed by atoms with van der Waals surface area (Å²) in [6.45, 7) is 0. The summed E-state index contributed by atoms with van der Waals surface area (Å²) < 4.78 is 2.34. The number of fused-ring (bicyclic) bond motifs is 3. The Bertz CT molecular complexity index is 1570. The molecular weight excluding hydrogens is 414 g/mol. The lowest BCUT2D eigenvalue weighted by Crippen LogP contribution is -1.95. The molecular formula is C31H23N3. The third-order valence-electron chi connectivity index (χ3n) is 6.32. The monoisotopic (exact) mass is 437 g/mol. The maximum Gasteiger partial charge on any atom is 0.0541 e. The van der Waals surface area contributed by atoms with Gasteiger partial charge in [-0.15, -0.1) is 0 Å². The van der Waals surface area contributed by atoms with E-state index in [-0.39, 0.29) is 0 Å². The van der Waals surface area contributed by atoms with Gasteiger partial charge in [0.1, 0.15) is 0 Å². The van der Waals surface area contributed by atoms with Gasteiger partial charge in [-0.3, -0.25) is 0 Å². The van der Waals surface area contributed by atoms with Crippen molar-refractivity contribution < 1.29 is 0 Å². The van der Waals surface area contributed by atoms with Gasteiger partial charge in [-0.25, -0.2) is 0 Å². The number of nitrogens with one attached hydrogen (secondary N) is 2. The molecule has 2 N–H and O–H groups in total. The molecule has 6 rings (SSSR count). The average molecular weight is 438 g/mol. The smallest absolute Gasteiger partial charge is 0.0541 e. The lowest BCUT2D eigenvalue weighted by molar-refractivity contribution is 1.18. The quantitative estimate of drug-likeness (QED) is 0.262. The second-order valence-corrected chi connectivity index (χ2v) is 8.35. The zero-order valence-corrected chi connectivity index (χ0v) is 18.6. The SMILES string of the molecule is N=Cc1ccccc1Nc1ccc(-c2ccc(-n3c4ccccc4c4ccccc43)cc2)cc1. The summed E-state index contributed by atoms with van der Waals surface area (Å²) in [6, 6.07) is 42.2. The molecule has 34 heavy (non-hydrogen) atoms. The molecule has 0 amide bonds. The van der Waals surface area contributed by atoms with Crippen LogP contribution in [0.15, 0.2) is 121 Å². The molecule has 6 aromatic rings. The first-order valence-corrected chi connectivity index (χ1v) is 11.4. The molecule has 0 fully saturated rings. The van der Waals surface area contributed by atoms with Crippen molar-refractivity contribution in [3.63, 3.8) is 0 Å². The summed E-state index contributed by atoms with van der Waals surface area (Å²) in [7, 11) is 0. The molecule has 0 aliphatic heterocycles. The Morgan fingerprint density at radius 1 is 0.559 bits per heavy atom. The van der Waals surface area contributed by atoms with Crippen LogP contribution in [0, 0.1) is 5.41 Å². The van der Waals surface area contributed by atoms with Gasteiger partial charge in [0.2, 0.25) is 0 Å². The number of anilines is 2. The summed E-state index contributed by atoms with van der Waals surface area (Å²) in [5.41, 5.74) is 8.74. The lowest BCUT2D eigenvalue weighted by Gasteiger charge is -2.11. The average Bonchev–Trinajstić information content (AvgIpc) is 3.24. The van der Waals surface area contributed by atoms with Crippen molar-refractivity contribution in [2.45, 2.75) is 0 Å². The van der Waals surface area contributed by atoms with Gasteiger partial charge >= 0.3 is 0 Å². The van der Waals surface area contributed by atoms with Crippen LogP contribution in [0.4, 0.5) is 11.4 Å². The molecule has 1 heterocycles. The third-order valence-corrected chi connectivity index (χ3v) is 6.32. The van der Waals surface area contributed by atoms with Crippen molar-refractivity contribution >= 4 is 39.4 Å². The lowest BCUT2D eigenvalue weighted by atomic mass is 10.0. The van der Waals surface area contributed by atoms with Crippen LogP contribution in [0.25, 0.3) is 38.6 Å². The fourth-order valence-electron chi connectivity index (χ4n) is 4.64. The van der Waals surface area contributed by atoms with Crippen molar-refractivity contribution in [3.05, 3.63) is 127 Å². The van der Waals surface area contributed by atoms with Gasteiger partial charge in [-0.2, -0.15) is 0 Å². The maximum atomic E-state index is 7.59. The minimum Gasteiger partial charge on any atom is -0.355 e. The predicted octanol–water partition coefficient (Wildman–Crippen LogP) is 8.19. The molecule has 0 bridgehead atoms. The van der Waals surface area contributed by atoms with Gasteiger partial charge in [-0.05, 0) is 53.6 Å². The standard InChI is InChI=1S/C31H23N3/c32-21-24-7-1-4-10-29(24)33-25-17-13-22(14-18-25)23-15-19-26(20-16-23)34-30-11-5-2-8-27(30)28-9-3-6-12-31(28)34/h1-21,32-33H. The molecule has 3 nitrogen and oxygen atoms in total. The van der Waals surface area contributed by atoms with Crippen LogP contribution in [-0.4, -0.2) is 10.8 Å². The topological polar surface area (TPSA) is 40.8 Å². The van der Waals surface area contributed by atoms with Crippen molar-refractivity contribution in [2.75, 3.05) is 5.32 Å². The summed E-state index contributed by atoms with van der Waals surface area (Å²) >= 11 is 0. The predicted molar refractivity (Wildman–Crippen MR) is 144 cm³/mol. The molecule has 1 aromatic heterocycles. The van der Waals surface area contributed by atoms with E-state index in [2.05, 4.69) is 107 Å². The second-order valence-electron chi connectivity index (χ2n) is 8.35. The molecule has 162 valence electrons. The van der Waals surface area contributed by atoms with Gasteiger partial charge in [-0.1, -0.05) is 78.9 Å². The van der Waals surface area contributed by atoms with E-state index in [9.17, 15) is 0 Å². The number of para-hydroxylation sites is 3. The molecule has 0 saturated heterocycles. The Labute approximate surface area is 198 Å². The van der Waals surface area contributed by atoms with Crippen LogP contribution in [0.5, 0.6) is 0 Å². The number of benzene rings is 5. The van der Waals surface area contributed by atoms with E-state index in [1.54, 1.807) is 0 Å². The van der Waals surface area contributed by atoms with Crippen molar-refractivity contribution in [3.8, 4) is 16.8 Å². The fraction of sp³-hybridized carbons (Fsp3) is 0. The number of nitrogens with zero attached hydrogens (tertiary/aromatic N) is 1. The minimum absolute atomic E-state index is 0.868.